The Balaban J connectivity index is 1.68. The zero-order valence-corrected chi connectivity index (χ0v) is 11.6. The van der Waals surface area contributed by atoms with E-state index in [-0.39, 0.29) is 6.04 Å². The molecule has 1 atom stereocenters. The molecular weight excluding hydrogens is 256 g/mol. The van der Waals surface area contributed by atoms with Crippen LogP contribution in [0.5, 0.6) is 0 Å². The quantitative estimate of drug-likeness (QED) is 0.736. The van der Waals surface area contributed by atoms with Crippen molar-refractivity contribution in [3.63, 3.8) is 0 Å². The Bertz CT molecular complexity index is 806. The molecule has 1 aliphatic heterocycles. The van der Waals surface area contributed by atoms with Crippen LogP contribution in [0.25, 0.3) is 16.5 Å². The molecule has 3 aromatic carbocycles. The maximum absolute atomic E-state index is 3.34. The van der Waals surface area contributed by atoms with Crippen LogP contribution in [0, 0.1) is 0 Å². The summed E-state index contributed by atoms with van der Waals surface area (Å²) >= 11 is 0. The molecule has 0 aromatic heterocycles. The monoisotopic (exact) mass is 272 g/mol. The van der Waals surface area contributed by atoms with Crippen LogP contribution in [0.4, 0.5) is 0 Å². The number of rotatable bonds is 2. The van der Waals surface area contributed by atoms with Crippen LogP contribution in [0.15, 0.2) is 78.9 Å². The second-order valence-electron chi connectivity index (χ2n) is 5.30. The lowest BCUT2D eigenvalue weighted by Gasteiger charge is -2.10. The first kappa shape index (κ1) is 12.2. The minimum Gasteiger partial charge on any atom is -0.320 e. The molecule has 1 heterocycles. The fraction of sp³-hybridized carbons (Fsp3) is 0.0526. The Labute approximate surface area is 124 Å². The largest absolute Gasteiger partial charge is 0.320 e. The highest BCUT2D eigenvalue weighted by molar-refractivity contribution is 5.83. The van der Waals surface area contributed by atoms with E-state index < -0.39 is 0 Å². The van der Waals surface area contributed by atoms with Gasteiger partial charge in [-0.2, -0.15) is 0 Å². The molecule has 2 heteroatoms. The summed E-state index contributed by atoms with van der Waals surface area (Å²) < 4.78 is 0. The minimum absolute atomic E-state index is 0.199. The van der Waals surface area contributed by atoms with Gasteiger partial charge in [0.15, 0.2) is 0 Å². The van der Waals surface area contributed by atoms with Crippen LogP contribution in [0.1, 0.15) is 17.2 Å². The third kappa shape index (κ3) is 2.30. The lowest BCUT2D eigenvalue weighted by Crippen LogP contribution is -2.26. The van der Waals surface area contributed by atoms with Gasteiger partial charge in [-0.15, -0.1) is 0 Å². The van der Waals surface area contributed by atoms with Crippen LogP contribution in [-0.4, -0.2) is 0 Å². The lowest BCUT2D eigenvalue weighted by atomic mass is 10.0. The van der Waals surface area contributed by atoms with Crippen molar-refractivity contribution < 1.29 is 0 Å². The van der Waals surface area contributed by atoms with Gasteiger partial charge in [0, 0.05) is 0 Å². The van der Waals surface area contributed by atoms with Crippen LogP contribution < -0.4 is 10.9 Å². The van der Waals surface area contributed by atoms with Gasteiger partial charge in [0.05, 0.1) is 11.7 Å². The van der Waals surface area contributed by atoms with E-state index in [1.807, 2.05) is 6.07 Å². The van der Waals surface area contributed by atoms with Crippen LogP contribution in [0.3, 0.4) is 0 Å². The summed E-state index contributed by atoms with van der Waals surface area (Å²) in [5.74, 6) is 0. The summed E-state index contributed by atoms with van der Waals surface area (Å²) in [4.78, 5) is 0. The van der Waals surface area contributed by atoms with Crippen molar-refractivity contribution in [3.8, 4) is 0 Å². The predicted octanol–water partition coefficient (Wildman–Crippen LogP) is 4.03. The molecule has 1 aliphatic rings. The molecule has 2 N–H and O–H groups in total. The molecule has 3 aromatic rings. The SMILES string of the molecule is C1=C(c2ccccc2)NNC1c1ccc2ccccc2c1. The van der Waals surface area contributed by atoms with E-state index in [1.54, 1.807) is 0 Å². The summed E-state index contributed by atoms with van der Waals surface area (Å²) in [6.45, 7) is 0. The molecule has 102 valence electrons. The van der Waals surface area contributed by atoms with Gasteiger partial charge >= 0.3 is 0 Å². The highest BCUT2D eigenvalue weighted by Gasteiger charge is 2.17. The second kappa shape index (κ2) is 5.08. The van der Waals surface area contributed by atoms with E-state index in [1.165, 1.54) is 21.9 Å². The third-order valence-electron chi connectivity index (χ3n) is 3.91. The van der Waals surface area contributed by atoms with Crippen molar-refractivity contribution in [2.45, 2.75) is 6.04 Å². The van der Waals surface area contributed by atoms with Crippen molar-refractivity contribution in [1.82, 2.24) is 10.9 Å². The van der Waals surface area contributed by atoms with Crippen LogP contribution >= 0.6 is 0 Å². The van der Waals surface area contributed by atoms with Gasteiger partial charge in [-0.05, 0) is 34.0 Å². The Hall–Kier alpha value is -2.58. The van der Waals surface area contributed by atoms with Crippen molar-refractivity contribution >= 4 is 16.5 Å². The van der Waals surface area contributed by atoms with Gasteiger partial charge in [-0.1, -0.05) is 66.7 Å². The molecule has 1 unspecified atom stereocenters. The minimum atomic E-state index is 0.199. The molecule has 0 spiro atoms. The van der Waals surface area contributed by atoms with E-state index in [2.05, 4.69) is 83.7 Å². The zero-order valence-electron chi connectivity index (χ0n) is 11.6. The Morgan fingerprint density at radius 1 is 0.714 bits per heavy atom. The average molecular weight is 272 g/mol. The molecular formula is C19H16N2. The van der Waals surface area contributed by atoms with Crippen molar-refractivity contribution in [1.29, 1.82) is 0 Å². The molecule has 2 nitrogen and oxygen atoms in total. The fourth-order valence-electron chi connectivity index (χ4n) is 2.77. The van der Waals surface area contributed by atoms with E-state index in [0.717, 1.165) is 5.70 Å². The number of benzene rings is 3. The first-order valence-electron chi connectivity index (χ1n) is 7.18. The Morgan fingerprint density at radius 3 is 2.33 bits per heavy atom. The second-order valence-corrected chi connectivity index (χ2v) is 5.30. The van der Waals surface area contributed by atoms with Crippen LogP contribution in [0.2, 0.25) is 0 Å². The molecule has 0 bridgehead atoms. The lowest BCUT2D eigenvalue weighted by molar-refractivity contribution is 0.616. The van der Waals surface area contributed by atoms with E-state index >= 15 is 0 Å². The standard InChI is InChI=1S/C19H16N2/c1-2-7-15(8-3-1)18-13-19(21-20-18)17-11-10-14-6-4-5-9-16(14)12-17/h1-13,19-21H. The summed E-state index contributed by atoms with van der Waals surface area (Å²) in [5, 5.41) is 2.55. The zero-order chi connectivity index (χ0) is 14.1. The molecule has 4 rings (SSSR count). The highest BCUT2D eigenvalue weighted by Crippen LogP contribution is 2.26. The number of hydrogen-bond acceptors (Lipinski definition) is 2. The number of hydrogen-bond donors (Lipinski definition) is 2. The first-order chi connectivity index (χ1) is 10.4. The van der Waals surface area contributed by atoms with Crippen molar-refractivity contribution in [3.05, 3.63) is 90.0 Å². The Kier molecular flexibility index (Phi) is 2.94. The normalized spacial score (nSPS) is 17.5. The number of fused-ring (bicyclic) bond motifs is 1. The number of hydrazine groups is 1. The average Bonchev–Trinajstić information content (AvgIpc) is 3.05. The van der Waals surface area contributed by atoms with Gasteiger partial charge in [0.2, 0.25) is 0 Å². The van der Waals surface area contributed by atoms with Crippen molar-refractivity contribution in [2.75, 3.05) is 0 Å². The van der Waals surface area contributed by atoms with Crippen LogP contribution in [-0.2, 0) is 0 Å². The molecule has 0 saturated carbocycles. The first-order valence-corrected chi connectivity index (χ1v) is 7.18. The van der Waals surface area contributed by atoms with Gasteiger partial charge < -0.3 is 5.43 Å². The van der Waals surface area contributed by atoms with Gasteiger partial charge in [-0.25, -0.2) is 5.43 Å². The van der Waals surface area contributed by atoms with Gasteiger partial charge in [-0.3, -0.25) is 0 Å². The maximum Gasteiger partial charge on any atom is 0.0714 e. The van der Waals surface area contributed by atoms with E-state index in [9.17, 15) is 0 Å². The number of nitrogens with one attached hydrogen (secondary N) is 2. The third-order valence-corrected chi connectivity index (χ3v) is 3.91. The molecule has 21 heavy (non-hydrogen) atoms. The molecule has 0 saturated heterocycles. The smallest absolute Gasteiger partial charge is 0.0714 e. The topological polar surface area (TPSA) is 24.1 Å². The van der Waals surface area contributed by atoms with Gasteiger partial charge in [0.25, 0.3) is 0 Å². The predicted molar refractivity (Wildman–Crippen MR) is 87.4 cm³/mol. The summed E-state index contributed by atoms with van der Waals surface area (Å²) in [6, 6.07) is 25.6. The summed E-state index contributed by atoms with van der Waals surface area (Å²) in [6.07, 6.45) is 2.24. The molecule has 0 fully saturated rings. The summed E-state index contributed by atoms with van der Waals surface area (Å²) in [5.41, 5.74) is 10.2. The highest BCUT2D eigenvalue weighted by atomic mass is 15.4. The summed E-state index contributed by atoms with van der Waals surface area (Å²) in [7, 11) is 0. The maximum atomic E-state index is 3.34. The molecule has 0 amide bonds. The van der Waals surface area contributed by atoms with Crippen molar-refractivity contribution in [2.24, 2.45) is 0 Å². The van der Waals surface area contributed by atoms with E-state index in [4.69, 9.17) is 0 Å². The fourth-order valence-corrected chi connectivity index (χ4v) is 2.77. The molecule has 0 aliphatic carbocycles. The Morgan fingerprint density at radius 2 is 1.48 bits per heavy atom. The molecule has 0 radical (unpaired) electrons. The van der Waals surface area contributed by atoms with E-state index in [0.29, 0.717) is 0 Å². The van der Waals surface area contributed by atoms with Gasteiger partial charge in [0.1, 0.15) is 0 Å².